The number of aromatic nitrogens is 2. The summed E-state index contributed by atoms with van der Waals surface area (Å²) in [6, 6.07) is 29.2. The van der Waals surface area contributed by atoms with Crippen LogP contribution in [0.15, 0.2) is 104 Å². The van der Waals surface area contributed by atoms with Crippen LogP contribution in [0.5, 0.6) is 0 Å². The van der Waals surface area contributed by atoms with Crippen LogP contribution in [0.2, 0.25) is 0 Å². The van der Waals surface area contributed by atoms with Gasteiger partial charge in [-0.15, -0.1) is 0 Å². The molecule has 1 heterocycles. The molecule has 0 spiro atoms. The topological polar surface area (TPSA) is 44.1 Å². The number of nitrogens with zero attached hydrogens (tertiary/aromatic N) is 2. The van der Waals surface area contributed by atoms with Gasteiger partial charge in [0.2, 0.25) is 0 Å². The van der Waals surface area contributed by atoms with Gasteiger partial charge in [-0.25, -0.2) is 4.98 Å². The SMILES string of the molecule is CCOC(=O)CCc1ccccc1C(c1ccccc1)(c1ccccc1)n1ccnc1. The summed E-state index contributed by atoms with van der Waals surface area (Å²) < 4.78 is 7.33. The lowest BCUT2D eigenvalue weighted by molar-refractivity contribution is -0.143. The van der Waals surface area contributed by atoms with Crippen molar-refractivity contribution in [3.63, 3.8) is 0 Å². The Hall–Kier alpha value is -3.66. The number of rotatable bonds is 8. The molecule has 0 atom stereocenters. The molecule has 0 fully saturated rings. The van der Waals surface area contributed by atoms with Crippen molar-refractivity contribution in [2.75, 3.05) is 6.61 Å². The van der Waals surface area contributed by atoms with Crippen LogP contribution < -0.4 is 0 Å². The number of imidazole rings is 1. The summed E-state index contributed by atoms with van der Waals surface area (Å²) >= 11 is 0. The van der Waals surface area contributed by atoms with Crippen molar-refractivity contribution >= 4 is 5.97 Å². The summed E-state index contributed by atoms with van der Waals surface area (Å²) in [5, 5.41) is 0. The van der Waals surface area contributed by atoms with Gasteiger partial charge in [-0.2, -0.15) is 0 Å². The predicted octanol–water partition coefficient (Wildman–Crippen LogP) is 5.22. The zero-order chi connectivity index (χ0) is 21.5. The number of carbonyl (C=O) groups is 1. The van der Waals surface area contributed by atoms with E-state index in [0.717, 1.165) is 22.3 Å². The molecule has 0 amide bonds. The molecule has 3 aromatic carbocycles. The lowest BCUT2D eigenvalue weighted by atomic mass is 9.74. The van der Waals surface area contributed by atoms with E-state index in [-0.39, 0.29) is 5.97 Å². The largest absolute Gasteiger partial charge is 0.466 e. The Morgan fingerprint density at radius 2 is 1.52 bits per heavy atom. The number of ether oxygens (including phenoxy) is 1. The van der Waals surface area contributed by atoms with Gasteiger partial charge in [-0.1, -0.05) is 84.9 Å². The van der Waals surface area contributed by atoms with E-state index in [0.29, 0.717) is 19.4 Å². The van der Waals surface area contributed by atoms with Gasteiger partial charge in [-0.05, 0) is 35.6 Å². The number of aryl methyl sites for hydroxylation is 1. The molecule has 0 aliphatic rings. The highest BCUT2D eigenvalue weighted by atomic mass is 16.5. The molecule has 0 saturated heterocycles. The van der Waals surface area contributed by atoms with Crippen molar-refractivity contribution < 1.29 is 9.53 Å². The molecule has 0 saturated carbocycles. The number of carbonyl (C=O) groups excluding carboxylic acids is 1. The van der Waals surface area contributed by atoms with Crippen LogP contribution in [0.3, 0.4) is 0 Å². The molecule has 31 heavy (non-hydrogen) atoms. The lowest BCUT2D eigenvalue weighted by Crippen LogP contribution is -2.38. The van der Waals surface area contributed by atoms with Crippen LogP contribution in [0, 0.1) is 0 Å². The Kier molecular flexibility index (Phi) is 6.27. The Labute approximate surface area is 183 Å². The van der Waals surface area contributed by atoms with E-state index >= 15 is 0 Å². The van der Waals surface area contributed by atoms with Crippen LogP contribution in [0.1, 0.15) is 35.6 Å². The van der Waals surface area contributed by atoms with Crippen molar-refractivity contribution in [3.05, 3.63) is 126 Å². The predicted molar refractivity (Wildman–Crippen MR) is 122 cm³/mol. The van der Waals surface area contributed by atoms with Gasteiger partial charge in [0, 0.05) is 18.8 Å². The third-order valence-electron chi connectivity index (χ3n) is 5.59. The van der Waals surface area contributed by atoms with E-state index in [4.69, 9.17) is 4.74 Å². The highest BCUT2D eigenvalue weighted by Crippen LogP contribution is 2.42. The van der Waals surface area contributed by atoms with Gasteiger partial charge in [0.15, 0.2) is 0 Å². The number of esters is 1. The second-order valence-electron chi connectivity index (χ2n) is 7.37. The minimum atomic E-state index is -0.621. The molecule has 156 valence electrons. The van der Waals surface area contributed by atoms with Crippen molar-refractivity contribution in [1.82, 2.24) is 9.55 Å². The molecule has 4 rings (SSSR count). The maximum absolute atomic E-state index is 12.1. The van der Waals surface area contributed by atoms with Gasteiger partial charge < -0.3 is 9.30 Å². The number of benzene rings is 3. The smallest absolute Gasteiger partial charge is 0.306 e. The van der Waals surface area contributed by atoms with Crippen molar-refractivity contribution in [3.8, 4) is 0 Å². The zero-order valence-corrected chi connectivity index (χ0v) is 17.6. The van der Waals surface area contributed by atoms with Crippen LogP contribution in [-0.2, 0) is 21.5 Å². The summed E-state index contributed by atoms with van der Waals surface area (Å²) in [7, 11) is 0. The fourth-order valence-electron chi connectivity index (χ4n) is 4.29. The maximum Gasteiger partial charge on any atom is 0.306 e. The molecule has 0 N–H and O–H groups in total. The summed E-state index contributed by atoms with van der Waals surface area (Å²) in [4.78, 5) is 16.5. The monoisotopic (exact) mass is 410 g/mol. The fourth-order valence-corrected chi connectivity index (χ4v) is 4.29. The van der Waals surface area contributed by atoms with Gasteiger partial charge in [0.05, 0.1) is 12.9 Å². The molecule has 0 radical (unpaired) electrons. The third kappa shape index (κ3) is 4.02. The Morgan fingerprint density at radius 3 is 2.10 bits per heavy atom. The second-order valence-corrected chi connectivity index (χ2v) is 7.37. The first-order valence-corrected chi connectivity index (χ1v) is 10.6. The molecule has 0 aliphatic carbocycles. The average Bonchev–Trinajstić information content (AvgIpc) is 3.36. The van der Waals surface area contributed by atoms with Gasteiger partial charge in [-0.3, -0.25) is 4.79 Å². The van der Waals surface area contributed by atoms with E-state index in [1.54, 1.807) is 0 Å². The standard InChI is InChI=1S/C27H26N2O2/c1-2-31-26(30)18-17-22-11-9-10-16-25(22)27(29-20-19-28-21-29,23-12-5-3-6-13-23)24-14-7-4-8-15-24/h3-16,19-21H,2,17-18H2,1H3. The molecule has 0 bridgehead atoms. The van der Waals surface area contributed by atoms with Crippen LogP contribution in [-0.4, -0.2) is 22.1 Å². The summed E-state index contributed by atoms with van der Waals surface area (Å²) in [6.45, 7) is 2.23. The minimum absolute atomic E-state index is 0.176. The van der Waals surface area contributed by atoms with Gasteiger partial charge in [0.1, 0.15) is 5.54 Å². The molecule has 4 heteroatoms. The van der Waals surface area contributed by atoms with E-state index in [1.807, 2.05) is 43.8 Å². The first kappa shape index (κ1) is 20.6. The first-order valence-electron chi connectivity index (χ1n) is 10.6. The Morgan fingerprint density at radius 1 is 0.903 bits per heavy atom. The Bertz CT molecular complexity index is 1070. The van der Waals surface area contributed by atoms with Gasteiger partial charge >= 0.3 is 5.97 Å². The quantitative estimate of drug-likeness (QED) is 0.295. The molecular weight excluding hydrogens is 384 g/mol. The van der Waals surface area contributed by atoms with Crippen LogP contribution >= 0.6 is 0 Å². The lowest BCUT2D eigenvalue weighted by Gasteiger charge is -2.38. The van der Waals surface area contributed by atoms with Crippen LogP contribution in [0.4, 0.5) is 0 Å². The van der Waals surface area contributed by atoms with Crippen molar-refractivity contribution in [2.45, 2.75) is 25.3 Å². The molecule has 0 aliphatic heterocycles. The minimum Gasteiger partial charge on any atom is -0.466 e. The molecule has 0 unspecified atom stereocenters. The van der Waals surface area contributed by atoms with Gasteiger partial charge in [0.25, 0.3) is 0 Å². The normalized spacial score (nSPS) is 11.3. The zero-order valence-electron chi connectivity index (χ0n) is 17.6. The maximum atomic E-state index is 12.1. The number of hydrogen-bond donors (Lipinski definition) is 0. The van der Waals surface area contributed by atoms with E-state index in [1.165, 1.54) is 0 Å². The highest BCUT2D eigenvalue weighted by molar-refractivity contribution is 5.70. The summed E-state index contributed by atoms with van der Waals surface area (Å²) in [5.74, 6) is -0.176. The Balaban J connectivity index is 1.96. The van der Waals surface area contributed by atoms with E-state index in [9.17, 15) is 4.79 Å². The fraction of sp³-hybridized carbons (Fsp3) is 0.185. The van der Waals surface area contributed by atoms with Crippen molar-refractivity contribution in [1.29, 1.82) is 0 Å². The third-order valence-corrected chi connectivity index (χ3v) is 5.59. The average molecular weight is 411 g/mol. The second kappa shape index (κ2) is 9.43. The van der Waals surface area contributed by atoms with Crippen molar-refractivity contribution in [2.24, 2.45) is 0 Å². The first-order chi connectivity index (χ1) is 15.3. The highest BCUT2D eigenvalue weighted by Gasteiger charge is 2.39. The molecule has 4 nitrogen and oxygen atoms in total. The molecule has 4 aromatic rings. The summed E-state index contributed by atoms with van der Waals surface area (Å²) in [6.07, 6.45) is 6.62. The van der Waals surface area contributed by atoms with Crippen LogP contribution in [0.25, 0.3) is 0 Å². The molecule has 1 aromatic heterocycles. The number of hydrogen-bond acceptors (Lipinski definition) is 3. The molecular formula is C27H26N2O2. The van der Waals surface area contributed by atoms with E-state index in [2.05, 4.69) is 76.3 Å². The van der Waals surface area contributed by atoms with E-state index < -0.39 is 5.54 Å². The summed E-state index contributed by atoms with van der Waals surface area (Å²) in [5.41, 5.74) is 3.86.